The number of amides is 1. The molecule has 0 spiro atoms. The van der Waals surface area contributed by atoms with Gasteiger partial charge in [-0.1, -0.05) is 23.4 Å². The number of ether oxygens (including phenoxy) is 1. The molecule has 0 aliphatic carbocycles. The predicted octanol–water partition coefficient (Wildman–Crippen LogP) is 4.05. The van der Waals surface area contributed by atoms with Gasteiger partial charge in [0.05, 0.1) is 23.4 Å². The average molecular weight is 422 g/mol. The highest BCUT2D eigenvalue weighted by atomic mass is 35.5. The molecule has 3 rings (SSSR count). The second-order valence-corrected chi connectivity index (χ2v) is 6.74. The Kier molecular flexibility index (Phi) is 6.27. The van der Waals surface area contributed by atoms with E-state index in [1.54, 1.807) is 6.07 Å². The Bertz CT molecular complexity index is 1010. The van der Waals surface area contributed by atoms with Crippen LogP contribution in [0.25, 0.3) is 11.5 Å². The van der Waals surface area contributed by atoms with Crippen LogP contribution < -0.4 is 5.32 Å². The van der Waals surface area contributed by atoms with Gasteiger partial charge in [0, 0.05) is 11.3 Å². The zero-order valence-corrected chi connectivity index (χ0v) is 16.0. The lowest BCUT2D eigenvalue weighted by Gasteiger charge is -2.07. The molecule has 0 fully saturated rings. The molecule has 0 bridgehead atoms. The summed E-state index contributed by atoms with van der Waals surface area (Å²) < 4.78 is 23.0. The molecule has 3 aromatic rings. The van der Waals surface area contributed by atoms with Crippen LogP contribution >= 0.6 is 23.4 Å². The van der Waals surface area contributed by atoms with Gasteiger partial charge in [0.1, 0.15) is 5.82 Å². The van der Waals surface area contributed by atoms with E-state index in [0.717, 1.165) is 11.8 Å². The van der Waals surface area contributed by atoms with Crippen molar-refractivity contribution in [3.63, 3.8) is 0 Å². The molecule has 0 saturated heterocycles. The fourth-order valence-electron chi connectivity index (χ4n) is 2.17. The van der Waals surface area contributed by atoms with Gasteiger partial charge in [0.25, 0.3) is 5.22 Å². The molecule has 10 heteroatoms. The zero-order chi connectivity index (χ0) is 20.1. The standard InChI is InChI=1S/C18H13ClFN3O4S/c1-26-17(25)13-8-12(6-7-14(13)19)21-15(24)9-28-18-23-22-16(27-18)10-2-4-11(20)5-3-10/h2-8H,9H2,1H3,(H,21,24). The van der Waals surface area contributed by atoms with Gasteiger partial charge in [0.2, 0.25) is 11.8 Å². The first-order valence-corrected chi connectivity index (χ1v) is 9.22. The van der Waals surface area contributed by atoms with Crippen molar-refractivity contribution in [3.05, 3.63) is 58.9 Å². The van der Waals surface area contributed by atoms with Gasteiger partial charge >= 0.3 is 5.97 Å². The van der Waals surface area contributed by atoms with Gasteiger partial charge in [-0.15, -0.1) is 10.2 Å². The van der Waals surface area contributed by atoms with E-state index in [-0.39, 0.29) is 39.2 Å². The summed E-state index contributed by atoms with van der Waals surface area (Å²) in [5.41, 5.74) is 1.12. The maximum atomic E-state index is 13.0. The first-order chi connectivity index (χ1) is 13.5. The smallest absolute Gasteiger partial charge is 0.339 e. The quantitative estimate of drug-likeness (QED) is 0.474. The van der Waals surface area contributed by atoms with Crippen LogP contribution in [0.1, 0.15) is 10.4 Å². The Morgan fingerprint density at radius 3 is 2.68 bits per heavy atom. The van der Waals surface area contributed by atoms with Crippen LogP contribution in [-0.4, -0.2) is 34.9 Å². The third-order valence-corrected chi connectivity index (χ3v) is 4.63. The number of rotatable bonds is 6. The Morgan fingerprint density at radius 2 is 1.96 bits per heavy atom. The summed E-state index contributed by atoms with van der Waals surface area (Å²) in [6.45, 7) is 0. The van der Waals surface area contributed by atoms with Crippen LogP contribution in [0.2, 0.25) is 5.02 Å². The number of anilines is 1. The number of nitrogens with one attached hydrogen (secondary N) is 1. The first kappa shape index (κ1) is 19.8. The van der Waals surface area contributed by atoms with Crippen LogP contribution in [0.4, 0.5) is 10.1 Å². The first-order valence-electron chi connectivity index (χ1n) is 7.86. The number of carbonyl (C=O) groups excluding carboxylic acids is 2. The molecular weight excluding hydrogens is 409 g/mol. The van der Waals surface area contributed by atoms with Crippen LogP contribution in [0.3, 0.4) is 0 Å². The van der Waals surface area contributed by atoms with Crippen molar-refractivity contribution in [3.8, 4) is 11.5 Å². The molecule has 0 radical (unpaired) electrons. The summed E-state index contributed by atoms with van der Waals surface area (Å²) in [6, 6.07) is 10.1. The largest absolute Gasteiger partial charge is 0.465 e. The molecule has 0 aliphatic heterocycles. The summed E-state index contributed by atoms with van der Waals surface area (Å²) in [5.74, 6) is -1.09. The fraction of sp³-hybridized carbons (Fsp3) is 0.111. The summed E-state index contributed by atoms with van der Waals surface area (Å²) in [7, 11) is 1.24. The molecule has 0 atom stereocenters. The number of thioether (sulfide) groups is 1. The highest BCUT2D eigenvalue weighted by Crippen LogP contribution is 2.24. The number of hydrogen-bond donors (Lipinski definition) is 1. The molecule has 0 aliphatic rings. The minimum atomic E-state index is -0.602. The van der Waals surface area contributed by atoms with E-state index in [9.17, 15) is 14.0 Å². The Balaban J connectivity index is 1.59. The summed E-state index contributed by atoms with van der Waals surface area (Å²) in [6.07, 6.45) is 0. The van der Waals surface area contributed by atoms with E-state index in [4.69, 9.17) is 16.0 Å². The van der Waals surface area contributed by atoms with Crippen molar-refractivity contribution in [2.24, 2.45) is 0 Å². The number of benzene rings is 2. The van der Waals surface area contributed by atoms with Crippen molar-refractivity contribution in [2.75, 3.05) is 18.2 Å². The predicted molar refractivity (Wildman–Crippen MR) is 102 cm³/mol. The van der Waals surface area contributed by atoms with E-state index in [1.165, 1.54) is 43.5 Å². The third kappa shape index (κ3) is 4.87. The number of hydrogen-bond acceptors (Lipinski definition) is 7. The van der Waals surface area contributed by atoms with Crippen molar-refractivity contribution in [2.45, 2.75) is 5.22 Å². The lowest BCUT2D eigenvalue weighted by Crippen LogP contribution is -2.14. The van der Waals surface area contributed by atoms with E-state index in [1.807, 2.05) is 0 Å². The highest BCUT2D eigenvalue weighted by molar-refractivity contribution is 7.99. The Labute approximate surface area is 168 Å². The summed E-state index contributed by atoms with van der Waals surface area (Å²) in [4.78, 5) is 23.8. The van der Waals surface area contributed by atoms with Gasteiger partial charge in [-0.2, -0.15) is 0 Å². The van der Waals surface area contributed by atoms with Crippen molar-refractivity contribution >= 4 is 40.9 Å². The zero-order valence-electron chi connectivity index (χ0n) is 14.4. The van der Waals surface area contributed by atoms with Gasteiger partial charge in [0.15, 0.2) is 0 Å². The summed E-state index contributed by atoms with van der Waals surface area (Å²) in [5, 5.41) is 10.8. The topological polar surface area (TPSA) is 94.3 Å². The minimum Gasteiger partial charge on any atom is -0.465 e. The van der Waals surface area contributed by atoms with Gasteiger partial charge < -0.3 is 14.5 Å². The molecule has 1 N–H and O–H groups in total. The van der Waals surface area contributed by atoms with E-state index < -0.39 is 5.97 Å². The normalized spacial score (nSPS) is 10.5. The monoisotopic (exact) mass is 421 g/mol. The third-order valence-electron chi connectivity index (χ3n) is 3.48. The minimum absolute atomic E-state index is 0.00123. The molecule has 0 saturated carbocycles. The van der Waals surface area contributed by atoms with E-state index in [2.05, 4.69) is 20.3 Å². The van der Waals surface area contributed by atoms with Crippen molar-refractivity contribution < 1.29 is 23.1 Å². The number of esters is 1. The molecule has 7 nitrogen and oxygen atoms in total. The van der Waals surface area contributed by atoms with Crippen LogP contribution in [0, 0.1) is 5.82 Å². The lowest BCUT2D eigenvalue weighted by atomic mass is 10.2. The van der Waals surface area contributed by atoms with Crippen molar-refractivity contribution in [1.29, 1.82) is 0 Å². The Hall–Kier alpha value is -2.91. The SMILES string of the molecule is COC(=O)c1cc(NC(=O)CSc2nnc(-c3ccc(F)cc3)o2)ccc1Cl. The second kappa shape index (κ2) is 8.85. The van der Waals surface area contributed by atoms with Gasteiger partial charge in [-0.3, -0.25) is 4.79 Å². The molecule has 1 amide bonds. The Morgan fingerprint density at radius 1 is 1.21 bits per heavy atom. The van der Waals surface area contributed by atoms with Gasteiger partial charge in [-0.25, -0.2) is 9.18 Å². The molecule has 2 aromatic carbocycles. The van der Waals surface area contributed by atoms with Gasteiger partial charge in [-0.05, 0) is 42.5 Å². The number of methoxy groups -OCH3 is 1. The van der Waals surface area contributed by atoms with Crippen LogP contribution in [-0.2, 0) is 9.53 Å². The number of carbonyl (C=O) groups is 2. The van der Waals surface area contributed by atoms with Crippen molar-refractivity contribution in [1.82, 2.24) is 10.2 Å². The maximum Gasteiger partial charge on any atom is 0.339 e. The summed E-state index contributed by atoms with van der Waals surface area (Å²) >= 11 is 6.98. The molecule has 0 unspecified atom stereocenters. The van der Waals surface area contributed by atoms with Crippen LogP contribution in [0.15, 0.2) is 52.1 Å². The molecule has 28 heavy (non-hydrogen) atoms. The second-order valence-electron chi connectivity index (χ2n) is 5.40. The number of aromatic nitrogens is 2. The average Bonchev–Trinajstić information content (AvgIpc) is 3.17. The van der Waals surface area contributed by atoms with E-state index in [0.29, 0.717) is 11.3 Å². The fourth-order valence-corrected chi connectivity index (χ4v) is 2.93. The number of nitrogens with zero attached hydrogens (tertiary/aromatic N) is 2. The lowest BCUT2D eigenvalue weighted by molar-refractivity contribution is -0.113. The molecule has 144 valence electrons. The molecule has 1 heterocycles. The molecule has 1 aromatic heterocycles. The molecular formula is C18H13ClFN3O4S. The highest BCUT2D eigenvalue weighted by Gasteiger charge is 2.14. The maximum absolute atomic E-state index is 13.0. The van der Waals surface area contributed by atoms with E-state index >= 15 is 0 Å². The van der Waals surface area contributed by atoms with Crippen LogP contribution in [0.5, 0.6) is 0 Å². The number of halogens is 2.